The minimum Gasteiger partial charge on any atom is -0.272 e. The van der Waals surface area contributed by atoms with Crippen molar-refractivity contribution in [3.8, 4) is 0 Å². The first-order valence-corrected chi connectivity index (χ1v) is 4.44. The molecular weight excluding hydrogens is 174 g/mol. The second-order valence-corrected chi connectivity index (χ2v) is 3.71. The van der Waals surface area contributed by atoms with Gasteiger partial charge in [-0.3, -0.25) is 4.68 Å². The normalized spacial score (nSPS) is 17.9. The molecule has 0 aromatic carbocycles. The van der Waals surface area contributed by atoms with Crippen molar-refractivity contribution in [2.75, 3.05) is 6.54 Å². The Morgan fingerprint density at radius 2 is 2.25 bits per heavy atom. The van der Waals surface area contributed by atoms with Gasteiger partial charge in [-0.15, -0.1) is 0 Å². The Hall–Kier alpha value is -0.540. The van der Waals surface area contributed by atoms with Crippen LogP contribution < -0.4 is 0 Å². The number of rotatable bonds is 0. The second kappa shape index (κ2) is 2.75. The van der Waals surface area contributed by atoms with E-state index in [4.69, 9.17) is 11.8 Å². The first kappa shape index (κ1) is 8.08. The quantitative estimate of drug-likeness (QED) is 0.568. The van der Waals surface area contributed by atoms with Gasteiger partial charge in [0.15, 0.2) is 0 Å². The minimum atomic E-state index is 0.830. The lowest BCUT2D eigenvalue weighted by Crippen LogP contribution is -2.21. The fourth-order valence-electron chi connectivity index (χ4n) is 1.60. The third-order valence-corrected chi connectivity index (χ3v) is 2.75. The van der Waals surface area contributed by atoms with Crippen molar-refractivity contribution < 1.29 is 0 Å². The molecule has 2 heterocycles. The zero-order valence-corrected chi connectivity index (χ0v) is 8.10. The zero-order valence-electron chi connectivity index (χ0n) is 7.34. The smallest absolute Gasteiger partial charge is 0.0686 e. The highest BCUT2D eigenvalue weighted by molar-refractivity contribution is 6.13. The number of nitrogens with zero attached hydrogens (tertiary/aromatic N) is 3. The Bertz CT molecular complexity index is 305. The van der Waals surface area contributed by atoms with E-state index in [1.165, 1.54) is 17.0 Å². The second-order valence-electron chi connectivity index (χ2n) is 3.23. The lowest BCUT2D eigenvalue weighted by Gasteiger charge is -2.18. The number of fused-ring (bicyclic) bond motifs is 1. The van der Waals surface area contributed by atoms with Crippen molar-refractivity contribution in [2.24, 2.45) is 7.05 Å². The number of halogens is 1. The molecule has 1 aliphatic rings. The van der Waals surface area contributed by atoms with Gasteiger partial charge in [-0.05, 0) is 18.7 Å². The summed E-state index contributed by atoms with van der Waals surface area (Å²) >= 11 is 5.92. The molecule has 0 unspecified atom stereocenters. The molecule has 66 valence electrons. The van der Waals surface area contributed by atoms with Crippen molar-refractivity contribution in [1.29, 1.82) is 0 Å². The van der Waals surface area contributed by atoms with Crippen LogP contribution in [0.2, 0.25) is 0 Å². The summed E-state index contributed by atoms with van der Waals surface area (Å²) in [5.41, 5.74) is 3.75. The van der Waals surface area contributed by atoms with Gasteiger partial charge >= 0.3 is 0 Å². The Labute approximate surface area is 77.0 Å². The highest BCUT2D eigenvalue weighted by atomic mass is 35.5. The van der Waals surface area contributed by atoms with Crippen LogP contribution in [-0.4, -0.2) is 20.7 Å². The summed E-state index contributed by atoms with van der Waals surface area (Å²) in [4.78, 5) is 0. The molecule has 1 aliphatic heterocycles. The summed E-state index contributed by atoms with van der Waals surface area (Å²) in [5.74, 6) is 0. The van der Waals surface area contributed by atoms with Crippen LogP contribution in [0.25, 0.3) is 0 Å². The average molecular weight is 186 g/mol. The van der Waals surface area contributed by atoms with Crippen LogP contribution in [0, 0.1) is 6.92 Å². The number of aromatic nitrogens is 2. The molecule has 0 saturated heterocycles. The molecular formula is C8H12ClN3. The van der Waals surface area contributed by atoms with Gasteiger partial charge in [-0.2, -0.15) is 5.10 Å². The molecule has 12 heavy (non-hydrogen) atoms. The maximum atomic E-state index is 5.92. The molecule has 0 bridgehead atoms. The van der Waals surface area contributed by atoms with Gasteiger partial charge < -0.3 is 0 Å². The van der Waals surface area contributed by atoms with Crippen LogP contribution in [0.5, 0.6) is 0 Å². The van der Waals surface area contributed by atoms with Crippen LogP contribution in [0.4, 0.5) is 0 Å². The summed E-state index contributed by atoms with van der Waals surface area (Å²) in [7, 11) is 1.98. The van der Waals surface area contributed by atoms with Gasteiger partial charge in [0.05, 0.1) is 5.69 Å². The molecule has 0 amide bonds. The molecule has 3 nitrogen and oxygen atoms in total. The summed E-state index contributed by atoms with van der Waals surface area (Å²) in [6.45, 7) is 3.82. The Balaban J connectivity index is 2.44. The fraction of sp³-hybridized carbons (Fsp3) is 0.625. The van der Waals surface area contributed by atoms with E-state index in [9.17, 15) is 0 Å². The minimum absolute atomic E-state index is 0.830. The van der Waals surface area contributed by atoms with E-state index in [-0.39, 0.29) is 0 Å². The SMILES string of the molecule is Cc1c2c(nn1C)CCN(Cl)C2. The first-order valence-electron chi connectivity index (χ1n) is 4.10. The van der Waals surface area contributed by atoms with E-state index < -0.39 is 0 Å². The monoisotopic (exact) mass is 185 g/mol. The van der Waals surface area contributed by atoms with E-state index in [1.54, 1.807) is 0 Å². The van der Waals surface area contributed by atoms with Gasteiger partial charge in [-0.1, -0.05) is 0 Å². The highest BCUT2D eigenvalue weighted by Crippen LogP contribution is 2.21. The molecule has 0 atom stereocenters. The first-order chi connectivity index (χ1) is 5.68. The van der Waals surface area contributed by atoms with Gasteiger partial charge in [-0.25, -0.2) is 4.42 Å². The largest absolute Gasteiger partial charge is 0.272 e. The molecule has 1 aromatic heterocycles. The predicted molar refractivity (Wildman–Crippen MR) is 47.9 cm³/mol. The Kier molecular flexibility index (Phi) is 1.85. The Morgan fingerprint density at radius 1 is 1.50 bits per heavy atom. The van der Waals surface area contributed by atoms with Crippen molar-refractivity contribution in [3.05, 3.63) is 17.0 Å². The number of hydrogen-bond donors (Lipinski definition) is 0. The van der Waals surface area contributed by atoms with Crippen molar-refractivity contribution in [1.82, 2.24) is 14.2 Å². The van der Waals surface area contributed by atoms with Crippen molar-refractivity contribution in [2.45, 2.75) is 19.9 Å². The topological polar surface area (TPSA) is 21.1 Å². The summed E-state index contributed by atoms with van der Waals surface area (Å²) in [6, 6.07) is 0. The van der Waals surface area contributed by atoms with Crippen molar-refractivity contribution in [3.63, 3.8) is 0 Å². The molecule has 0 saturated carbocycles. The molecule has 4 heteroatoms. The zero-order chi connectivity index (χ0) is 8.72. The maximum absolute atomic E-state index is 5.92. The third-order valence-electron chi connectivity index (χ3n) is 2.46. The molecule has 0 radical (unpaired) electrons. The van der Waals surface area contributed by atoms with E-state index in [0.29, 0.717) is 0 Å². The number of hydrogen-bond acceptors (Lipinski definition) is 2. The lowest BCUT2D eigenvalue weighted by atomic mass is 10.1. The fourth-order valence-corrected chi connectivity index (χ4v) is 1.81. The maximum Gasteiger partial charge on any atom is 0.0686 e. The lowest BCUT2D eigenvalue weighted by molar-refractivity contribution is 0.425. The van der Waals surface area contributed by atoms with Gasteiger partial charge in [0, 0.05) is 37.8 Å². The van der Waals surface area contributed by atoms with E-state index in [0.717, 1.165) is 19.5 Å². The van der Waals surface area contributed by atoms with Crippen LogP contribution in [0.15, 0.2) is 0 Å². The van der Waals surface area contributed by atoms with Crippen LogP contribution in [-0.2, 0) is 20.0 Å². The van der Waals surface area contributed by atoms with Gasteiger partial charge in [0.1, 0.15) is 0 Å². The van der Waals surface area contributed by atoms with Crippen LogP contribution in [0.1, 0.15) is 17.0 Å². The average Bonchev–Trinajstić information content (AvgIpc) is 2.31. The van der Waals surface area contributed by atoms with Crippen LogP contribution >= 0.6 is 11.8 Å². The highest BCUT2D eigenvalue weighted by Gasteiger charge is 2.20. The third kappa shape index (κ3) is 1.13. The number of aryl methyl sites for hydroxylation is 1. The molecule has 0 spiro atoms. The molecule has 0 aliphatic carbocycles. The standard InChI is InChI=1S/C8H12ClN3/c1-6-7-5-12(9)4-3-8(7)10-11(6)2/h3-5H2,1-2H3. The Morgan fingerprint density at radius 3 is 3.00 bits per heavy atom. The van der Waals surface area contributed by atoms with E-state index >= 15 is 0 Å². The van der Waals surface area contributed by atoms with Crippen molar-refractivity contribution >= 4 is 11.8 Å². The van der Waals surface area contributed by atoms with Gasteiger partial charge in [0.25, 0.3) is 0 Å². The summed E-state index contributed by atoms with van der Waals surface area (Å²) in [5, 5.41) is 4.42. The molecule has 1 aromatic rings. The van der Waals surface area contributed by atoms with E-state index in [2.05, 4.69) is 12.0 Å². The summed E-state index contributed by atoms with van der Waals surface area (Å²) in [6.07, 6.45) is 0.973. The molecule has 0 N–H and O–H groups in total. The summed E-state index contributed by atoms with van der Waals surface area (Å²) < 4.78 is 3.75. The molecule has 0 fully saturated rings. The molecule has 2 rings (SSSR count). The predicted octanol–water partition coefficient (Wildman–Crippen LogP) is 1.24. The van der Waals surface area contributed by atoms with Crippen LogP contribution in [0.3, 0.4) is 0 Å². The van der Waals surface area contributed by atoms with Gasteiger partial charge in [0.2, 0.25) is 0 Å². The van der Waals surface area contributed by atoms with E-state index in [1.807, 2.05) is 16.1 Å².